The first-order valence-electron chi connectivity index (χ1n) is 8.24. The molecule has 0 bridgehead atoms. The van der Waals surface area contributed by atoms with Crippen molar-refractivity contribution in [3.8, 4) is 5.75 Å². The third-order valence-electron chi connectivity index (χ3n) is 3.51. The van der Waals surface area contributed by atoms with Gasteiger partial charge in [-0.3, -0.25) is 9.97 Å². The molecular formula is C20H22F2N2O. The van der Waals surface area contributed by atoms with Crippen molar-refractivity contribution >= 4 is 11.0 Å². The Kier molecular flexibility index (Phi) is 6.02. The van der Waals surface area contributed by atoms with Crippen LogP contribution in [0, 0.1) is 5.82 Å². The maximum atomic E-state index is 13.9. The zero-order valence-corrected chi connectivity index (χ0v) is 14.9. The van der Waals surface area contributed by atoms with Gasteiger partial charge in [0, 0.05) is 17.8 Å². The molecule has 2 heterocycles. The number of benzene rings is 1. The highest BCUT2D eigenvalue weighted by molar-refractivity contribution is 5.75. The molecule has 0 aliphatic rings. The minimum Gasteiger partial charge on any atom is -0.487 e. The van der Waals surface area contributed by atoms with Crippen molar-refractivity contribution < 1.29 is 13.5 Å². The van der Waals surface area contributed by atoms with Gasteiger partial charge in [0.05, 0.1) is 17.2 Å². The fraction of sp³-hybridized carbons (Fsp3) is 0.300. The van der Waals surface area contributed by atoms with Gasteiger partial charge in [-0.05, 0) is 37.6 Å². The molecule has 0 saturated heterocycles. The first-order valence-corrected chi connectivity index (χ1v) is 8.24. The van der Waals surface area contributed by atoms with Gasteiger partial charge in [-0.25, -0.2) is 8.78 Å². The Balaban J connectivity index is 0.00000109. The van der Waals surface area contributed by atoms with Crippen molar-refractivity contribution in [1.82, 2.24) is 9.97 Å². The maximum absolute atomic E-state index is 13.9. The van der Waals surface area contributed by atoms with Gasteiger partial charge < -0.3 is 4.74 Å². The lowest BCUT2D eigenvalue weighted by Crippen LogP contribution is -2.09. The number of alkyl halides is 1. The van der Waals surface area contributed by atoms with E-state index in [0.29, 0.717) is 29.0 Å². The predicted octanol–water partition coefficient (Wildman–Crippen LogP) is 5.58. The fourth-order valence-corrected chi connectivity index (χ4v) is 2.13. The summed E-state index contributed by atoms with van der Waals surface area (Å²) in [6.07, 6.45) is 3.08. The predicted molar refractivity (Wildman–Crippen MR) is 95.8 cm³/mol. The lowest BCUT2D eigenvalue weighted by Gasteiger charge is -2.14. The highest BCUT2D eigenvalue weighted by atomic mass is 19.1. The third-order valence-corrected chi connectivity index (χ3v) is 3.51. The van der Waals surface area contributed by atoms with E-state index < -0.39 is 5.67 Å². The maximum Gasteiger partial charge on any atom is 0.140 e. The molecule has 0 fully saturated rings. The zero-order valence-electron chi connectivity index (χ0n) is 14.9. The van der Waals surface area contributed by atoms with Gasteiger partial charge in [0.15, 0.2) is 0 Å². The number of hydrogen-bond acceptors (Lipinski definition) is 3. The summed E-state index contributed by atoms with van der Waals surface area (Å²) in [6, 6.07) is 9.54. The highest BCUT2D eigenvalue weighted by Gasteiger charge is 2.19. The molecule has 0 spiro atoms. The van der Waals surface area contributed by atoms with E-state index in [0.717, 1.165) is 5.56 Å². The third kappa shape index (κ3) is 4.95. The van der Waals surface area contributed by atoms with E-state index in [1.54, 1.807) is 30.5 Å². The first-order chi connectivity index (χ1) is 11.9. The topological polar surface area (TPSA) is 35.0 Å². The molecule has 2 aromatic heterocycles. The lowest BCUT2D eigenvalue weighted by atomic mass is 10.0. The van der Waals surface area contributed by atoms with E-state index in [-0.39, 0.29) is 5.82 Å². The molecule has 0 atom stereocenters. The quantitative estimate of drug-likeness (QED) is 0.620. The van der Waals surface area contributed by atoms with Gasteiger partial charge in [-0.1, -0.05) is 26.0 Å². The lowest BCUT2D eigenvalue weighted by molar-refractivity contribution is 0.221. The Morgan fingerprint density at radius 3 is 2.20 bits per heavy atom. The molecule has 132 valence electrons. The Morgan fingerprint density at radius 2 is 1.56 bits per heavy atom. The molecule has 0 N–H and O–H groups in total. The van der Waals surface area contributed by atoms with Crippen molar-refractivity contribution in [3.05, 3.63) is 65.7 Å². The molecule has 25 heavy (non-hydrogen) atoms. The van der Waals surface area contributed by atoms with Crippen molar-refractivity contribution in [2.75, 3.05) is 0 Å². The largest absolute Gasteiger partial charge is 0.487 e. The minimum absolute atomic E-state index is 0.281. The number of rotatable bonds is 4. The second-order valence-electron chi connectivity index (χ2n) is 5.82. The number of hydrogen-bond donors (Lipinski definition) is 0. The van der Waals surface area contributed by atoms with E-state index in [2.05, 4.69) is 9.97 Å². The number of nitrogens with zero attached hydrogens (tertiary/aromatic N) is 2. The van der Waals surface area contributed by atoms with Crippen molar-refractivity contribution in [2.24, 2.45) is 0 Å². The molecule has 0 aliphatic carbocycles. The summed E-state index contributed by atoms with van der Waals surface area (Å²) < 4.78 is 32.4. The Hall–Kier alpha value is -2.56. The molecule has 3 aromatic rings. The molecule has 0 radical (unpaired) electrons. The van der Waals surface area contributed by atoms with E-state index in [1.807, 2.05) is 13.8 Å². The number of fused-ring (bicyclic) bond motifs is 1. The smallest absolute Gasteiger partial charge is 0.140 e. The molecule has 0 unspecified atom stereocenters. The summed E-state index contributed by atoms with van der Waals surface area (Å²) in [6.45, 7) is 7.27. The average Bonchev–Trinajstić information content (AvgIpc) is 2.61. The minimum atomic E-state index is -1.46. The van der Waals surface area contributed by atoms with E-state index in [9.17, 15) is 8.78 Å². The summed E-state index contributed by atoms with van der Waals surface area (Å²) in [4.78, 5) is 8.51. The van der Waals surface area contributed by atoms with Gasteiger partial charge >= 0.3 is 0 Å². The van der Waals surface area contributed by atoms with Crippen LogP contribution >= 0.6 is 0 Å². The molecule has 0 amide bonds. The van der Waals surface area contributed by atoms with Crippen LogP contribution in [-0.4, -0.2) is 9.97 Å². The summed E-state index contributed by atoms with van der Waals surface area (Å²) in [7, 11) is 0. The Labute approximate surface area is 146 Å². The van der Waals surface area contributed by atoms with E-state index >= 15 is 0 Å². The van der Waals surface area contributed by atoms with Crippen molar-refractivity contribution in [3.63, 3.8) is 0 Å². The fourth-order valence-electron chi connectivity index (χ4n) is 2.13. The van der Waals surface area contributed by atoms with Crippen LogP contribution in [0.3, 0.4) is 0 Å². The van der Waals surface area contributed by atoms with Crippen LogP contribution in [0.4, 0.5) is 8.78 Å². The van der Waals surface area contributed by atoms with Gasteiger partial charge in [0.2, 0.25) is 0 Å². The standard InChI is InChI=1S/C18H16F2N2O.C2H6/c1-18(2,20)13-7-16-17(21-9-13)8-15(10-22-16)23-11-12-3-5-14(19)6-4-12;1-2/h3-10H,11H2,1-2H3;1-2H3. The summed E-state index contributed by atoms with van der Waals surface area (Å²) in [5.41, 5.74) is 1.13. The van der Waals surface area contributed by atoms with Crippen LogP contribution in [0.15, 0.2) is 48.8 Å². The van der Waals surface area contributed by atoms with Crippen molar-refractivity contribution in [2.45, 2.75) is 40.0 Å². The van der Waals surface area contributed by atoms with Crippen molar-refractivity contribution in [1.29, 1.82) is 0 Å². The van der Waals surface area contributed by atoms with Gasteiger partial charge in [0.25, 0.3) is 0 Å². The number of halogens is 2. The van der Waals surface area contributed by atoms with Gasteiger partial charge in [-0.2, -0.15) is 0 Å². The van der Waals surface area contributed by atoms with E-state index in [4.69, 9.17) is 4.74 Å². The number of aromatic nitrogens is 2. The van der Waals surface area contributed by atoms with Gasteiger partial charge in [-0.15, -0.1) is 0 Å². The van der Waals surface area contributed by atoms with E-state index in [1.165, 1.54) is 32.2 Å². The monoisotopic (exact) mass is 344 g/mol. The summed E-state index contributed by atoms with van der Waals surface area (Å²) in [5.74, 6) is 0.276. The summed E-state index contributed by atoms with van der Waals surface area (Å²) >= 11 is 0. The zero-order chi connectivity index (χ0) is 18.4. The first kappa shape index (κ1) is 18.8. The Morgan fingerprint density at radius 1 is 0.960 bits per heavy atom. The molecule has 5 heteroatoms. The summed E-state index contributed by atoms with van der Waals surface area (Å²) in [5, 5.41) is 0. The number of ether oxygens (including phenoxy) is 1. The number of pyridine rings is 2. The second-order valence-corrected chi connectivity index (χ2v) is 5.82. The van der Waals surface area contributed by atoms with Crippen LogP contribution < -0.4 is 4.74 Å². The second kappa shape index (κ2) is 8.01. The molecule has 0 aliphatic heterocycles. The van der Waals surface area contributed by atoms with Crippen LogP contribution in [0.1, 0.15) is 38.8 Å². The van der Waals surface area contributed by atoms with Gasteiger partial charge in [0.1, 0.15) is 23.8 Å². The molecule has 3 rings (SSSR count). The van der Waals surface area contributed by atoms with Crippen LogP contribution in [0.5, 0.6) is 5.75 Å². The van der Waals surface area contributed by atoms with Crippen LogP contribution in [-0.2, 0) is 12.3 Å². The molecule has 1 aromatic carbocycles. The van der Waals surface area contributed by atoms with Crippen LogP contribution in [0.2, 0.25) is 0 Å². The highest BCUT2D eigenvalue weighted by Crippen LogP contribution is 2.26. The van der Waals surface area contributed by atoms with Crippen LogP contribution in [0.25, 0.3) is 11.0 Å². The molecule has 0 saturated carbocycles. The normalized spacial score (nSPS) is 11.0. The Bertz CT molecular complexity index is 827. The average molecular weight is 344 g/mol. The molecule has 3 nitrogen and oxygen atoms in total. The molecular weight excluding hydrogens is 322 g/mol. The SMILES string of the molecule is CC.CC(C)(F)c1cnc2cc(OCc3ccc(F)cc3)cnc2c1.